The molecule has 2 heterocycles. The molecule has 2 N–H and O–H groups in total. The largest absolute Gasteiger partial charge is 0.378 e. The number of rotatable bonds is 7. The number of aryl methyl sites for hydroxylation is 2. The van der Waals surface area contributed by atoms with E-state index in [0.29, 0.717) is 11.7 Å². The Morgan fingerprint density at radius 2 is 1.82 bits per heavy atom. The predicted molar refractivity (Wildman–Crippen MR) is 168 cm³/mol. The summed E-state index contributed by atoms with van der Waals surface area (Å²) in [5.41, 5.74) is 7.81. The van der Waals surface area contributed by atoms with Crippen LogP contribution in [0.3, 0.4) is 0 Å². The summed E-state index contributed by atoms with van der Waals surface area (Å²) in [6.07, 6.45) is 1.01. The predicted octanol–water partition coefficient (Wildman–Crippen LogP) is 5.44. The molecule has 1 atom stereocenters. The lowest BCUT2D eigenvalue weighted by atomic mass is 9.98. The smallest absolute Gasteiger partial charge is 0.272 e. The summed E-state index contributed by atoms with van der Waals surface area (Å²) < 4.78 is 5.49. The van der Waals surface area contributed by atoms with E-state index in [0.717, 1.165) is 78.5 Å². The zero-order chi connectivity index (χ0) is 28.1. The van der Waals surface area contributed by atoms with Gasteiger partial charge in [-0.15, -0.1) is 0 Å². The van der Waals surface area contributed by atoms with Crippen LogP contribution in [0.1, 0.15) is 42.0 Å². The number of carbonyl (C=O) groups excluding carboxylic acids is 1. The Morgan fingerprint density at radius 1 is 1.05 bits per heavy atom. The Balaban J connectivity index is 1.43. The van der Waals surface area contributed by atoms with Crippen LogP contribution in [0.15, 0.2) is 71.7 Å². The Hall–Kier alpha value is -3.75. The molecular weight excluding hydrogens is 518 g/mol. The number of benzodiazepines with no additional fused rings is 1. The minimum absolute atomic E-state index is 0.118. The average molecular weight is 556 g/mol. The number of hydrogen-bond donors (Lipinski definition) is 2. The Bertz CT molecular complexity index is 1400. The van der Waals surface area contributed by atoms with E-state index in [2.05, 4.69) is 60.6 Å². The number of amides is 1. The lowest BCUT2D eigenvalue weighted by Crippen LogP contribution is -2.48. The number of unbranched alkanes of at least 4 members (excludes halogenated alkanes) is 1. The number of nitrogens with zero attached hydrogens (tertiary/aromatic N) is 3. The molecule has 0 saturated carbocycles. The van der Waals surface area contributed by atoms with Gasteiger partial charge < -0.3 is 25.2 Å². The van der Waals surface area contributed by atoms with Crippen molar-refractivity contribution in [1.29, 1.82) is 0 Å². The molecule has 1 saturated heterocycles. The van der Waals surface area contributed by atoms with Gasteiger partial charge >= 0.3 is 0 Å². The second-order valence-corrected chi connectivity index (χ2v) is 10.7. The fourth-order valence-corrected chi connectivity index (χ4v) is 5.37. The molecule has 2 aliphatic rings. The number of morpholine rings is 1. The summed E-state index contributed by atoms with van der Waals surface area (Å²) in [5, 5.41) is 6.90. The second kappa shape index (κ2) is 12.6. The quantitative estimate of drug-likeness (QED) is 0.379. The molecule has 0 spiro atoms. The topological polar surface area (TPSA) is 69.2 Å². The van der Waals surface area contributed by atoms with Crippen molar-refractivity contribution in [2.75, 3.05) is 48.0 Å². The fourth-order valence-electron chi connectivity index (χ4n) is 5.15. The molecule has 3 aromatic rings. The third kappa shape index (κ3) is 6.18. The number of benzene rings is 3. The highest BCUT2D eigenvalue weighted by Crippen LogP contribution is 2.30. The maximum absolute atomic E-state index is 14.0. The van der Waals surface area contributed by atoms with Gasteiger partial charge in [0.25, 0.3) is 5.91 Å². The number of aliphatic imine (C=N–C) groups is 1. The SMILES string of the molecule is CCCCN1C(=O)C(NC(=S)Nc2ccc(N3CCOCC3)cc2C)N=C(c2ccccc2)c2cc(C)ccc21. The summed E-state index contributed by atoms with van der Waals surface area (Å²) >= 11 is 5.73. The van der Waals surface area contributed by atoms with Crippen LogP contribution >= 0.6 is 12.2 Å². The van der Waals surface area contributed by atoms with Gasteiger partial charge in [0.2, 0.25) is 6.17 Å². The van der Waals surface area contributed by atoms with Crippen molar-refractivity contribution in [3.05, 3.63) is 89.0 Å². The molecule has 40 heavy (non-hydrogen) atoms. The van der Waals surface area contributed by atoms with Crippen LogP contribution in [0.25, 0.3) is 0 Å². The molecule has 1 fully saturated rings. The first-order valence-electron chi connectivity index (χ1n) is 14.0. The zero-order valence-electron chi connectivity index (χ0n) is 23.4. The lowest BCUT2D eigenvalue weighted by molar-refractivity contribution is -0.120. The van der Waals surface area contributed by atoms with Crippen molar-refractivity contribution in [2.24, 2.45) is 4.99 Å². The standard InChI is InChI=1S/C32H37N5O2S/c1-4-5-15-37-28-14-11-22(2)20-26(28)29(24-9-7-6-8-10-24)34-30(31(37)38)35-32(40)33-27-13-12-25(21-23(27)3)36-16-18-39-19-17-36/h6-14,20-21,30H,4-5,15-19H2,1-3H3,(H2,33,35,40). The number of anilines is 3. The fraction of sp³-hybridized carbons (Fsp3) is 0.344. The van der Waals surface area contributed by atoms with E-state index in [9.17, 15) is 4.79 Å². The van der Waals surface area contributed by atoms with E-state index in [1.54, 1.807) is 0 Å². The third-order valence-electron chi connectivity index (χ3n) is 7.34. The third-order valence-corrected chi connectivity index (χ3v) is 7.56. The zero-order valence-corrected chi connectivity index (χ0v) is 24.3. The van der Waals surface area contributed by atoms with Gasteiger partial charge in [-0.25, -0.2) is 4.99 Å². The van der Waals surface area contributed by atoms with Crippen LogP contribution in [-0.4, -0.2) is 55.7 Å². The van der Waals surface area contributed by atoms with Gasteiger partial charge in [0.1, 0.15) is 0 Å². The van der Waals surface area contributed by atoms with Crippen LogP contribution in [-0.2, 0) is 9.53 Å². The number of hydrogen-bond acceptors (Lipinski definition) is 5. The molecule has 8 heteroatoms. The normalized spacial score (nSPS) is 17.1. The highest BCUT2D eigenvalue weighted by molar-refractivity contribution is 7.80. The van der Waals surface area contributed by atoms with Crippen molar-refractivity contribution in [1.82, 2.24) is 5.32 Å². The van der Waals surface area contributed by atoms with Crippen LogP contribution < -0.4 is 20.4 Å². The van der Waals surface area contributed by atoms with E-state index >= 15 is 0 Å². The van der Waals surface area contributed by atoms with Crippen molar-refractivity contribution < 1.29 is 9.53 Å². The number of ether oxygens (including phenoxy) is 1. The summed E-state index contributed by atoms with van der Waals surface area (Å²) in [6.45, 7) is 10.1. The molecule has 208 valence electrons. The van der Waals surface area contributed by atoms with Crippen LogP contribution in [0.4, 0.5) is 17.1 Å². The minimum atomic E-state index is -0.868. The summed E-state index contributed by atoms with van der Waals surface area (Å²) in [6, 6.07) is 22.5. The van der Waals surface area contributed by atoms with Crippen molar-refractivity contribution in [3.63, 3.8) is 0 Å². The van der Waals surface area contributed by atoms with Gasteiger partial charge in [-0.1, -0.05) is 55.3 Å². The van der Waals surface area contributed by atoms with Gasteiger partial charge in [0, 0.05) is 42.1 Å². The molecule has 1 amide bonds. The first-order valence-corrected chi connectivity index (χ1v) is 14.4. The van der Waals surface area contributed by atoms with E-state index in [-0.39, 0.29) is 5.91 Å². The van der Waals surface area contributed by atoms with Crippen LogP contribution in [0.5, 0.6) is 0 Å². The first kappa shape index (κ1) is 27.8. The van der Waals surface area contributed by atoms with Gasteiger partial charge in [-0.3, -0.25) is 4.79 Å². The van der Waals surface area contributed by atoms with Gasteiger partial charge in [-0.05, 0) is 68.4 Å². The molecule has 0 aromatic heterocycles. The monoisotopic (exact) mass is 555 g/mol. The Morgan fingerprint density at radius 3 is 2.55 bits per heavy atom. The Labute approximate surface area is 242 Å². The van der Waals surface area contributed by atoms with Gasteiger partial charge in [0.15, 0.2) is 5.11 Å². The molecule has 2 aliphatic heterocycles. The second-order valence-electron chi connectivity index (χ2n) is 10.3. The van der Waals surface area contributed by atoms with E-state index in [4.69, 9.17) is 21.9 Å². The number of thiocarbonyl (C=S) groups is 1. The summed E-state index contributed by atoms with van der Waals surface area (Å²) in [7, 11) is 0. The maximum atomic E-state index is 14.0. The van der Waals surface area contributed by atoms with E-state index in [1.165, 1.54) is 5.69 Å². The summed E-state index contributed by atoms with van der Waals surface area (Å²) in [5.74, 6) is -0.118. The van der Waals surface area contributed by atoms with Crippen molar-refractivity contribution >= 4 is 46.0 Å². The molecule has 0 bridgehead atoms. The average Bonchev–Trinajstić information content (AvgIpc) is 3.08. The van der Waals surface area contributed by atoms with E-state index in [1.807, 2.05) is 47.4 Å². The number of nitrogens with one attached hydrogen (secondary N) is 2. The maximum Gasteiger partial charge on any atom is 0.272 e. The molecular formula is C32H37N5O2S. The summed E-state index contributed by atoms with van der Waals surface area (Å²) in [4.78, 5) is 23.2. The molecule has 1 unspecified atom stereocenters. The first-order chi connectivity index (χ1) is 19.4. The molecule has 0 radical (unpaired) electrons. The highest BCUT2D eigenvalue weighted by atomic mass is 32.1. The van der Waals surface area contributed by atoms with Crippen molar-refractivity contribution in [2.45, 2.75) is 39.8 Å². The molecule has 5 rings (SSSR count). The molecule has 7 nitrogen and oxygen atoms in total. The lowest BCUT2D eigenvalue weighted by Gasteiger charge is -2.29. The number of carbonyl (C=O) groups is 1. The highest BCUT2D eigenvalue weighted by Gasteiger charge is 2.32. The Kier molecular flexibility index (Phi) is 8.77. The van der Waals surface area contributed by atoms with Crippen LogP contribution in [0.2, 0.25) is 0 Å². The van der Waals surface area contributed by atoms with Crippen LogP contribution in [0, 0.1) is 13.8 Å². The van der Waals surface area contributed by atoms with E-state index < -0.39 is 6.17 Å². The van der Waals surface area contributed by atoms with Gasteiger partial charge in [-0.2, -0.15) is 0 Å². The van der Waals surface area contributed by atoms with Crippen molar-refractivity contribution in [3.8, 4) is 0 Å². The van der Waals surface area contributed by atoms with Gasteiger partial charge in [0.05, 0.1) is 24.6 Å². The molecule has 3 aromatic carbocycles. The minimum Gasteiger partial charge on any atom is -0.378 e. The molecule has 0 aliphatic carbocycles. The number of fused-ring (bicyclic) bond motifs is 1.